The van der Waals surface area contributed by atoms with Gasteiger partial charge in [-0.3, -0.25) is 0 Å². The van der Waals surface area contributed by atoms with Gasteiger partial charge in [0, 0.05) is 22.7 Å². The van der Waals surface area contributed by atoms with E-state index < -0.39 is 0 Å². The molecule has 0 spiro atoms. The predicted octanol–water partition coefficient (Wildman–Crippen LogP) is 3.78. The molecule has 1 aliphatic rings. The summed E-state index contributed by atoms with van der Waals surface area (Å²) in [5, 5.41) is 3.53. The molecule has 1 atom stereocenters. The average Bonchev–Trinajstić information content (AvgIpc) is 2.76. The van der Waals surface area contributed by atoms with Gasteiger partial charge in [0.2, 0.25) is 0 Å². The molecule has 1 aliphatic heterocycles. The van der Waals surface area contributed by atoms with Gasteiger partial charge in [0.05, 0.1) is 4.34 Å². The molecule has 0 amide bonds. The summed E-state index contributed by atoms with van der Waals surface area (Å²) in [6.07, 6.45) is 2.71. The van der Waals surface area contributed by atoms with Gasteiger partial charge < -0.3 is 5.32 Å². The lowest BCUT2D eigenvalue weighted by molar-refractivity contribution is 0.539. The van der Waals surface area contributed by atoms with Crippen molar-refractivity contribution in [3.63, 3.8) is 0 Å². The average molecular weight is 262 g/mol. The molecule has 84 valence electrons. The maximum Gasteiger partial charge on any atom is 0.0931 e. The van der Waals surface area contributed by atoms with E-state index in [2.05, 4.69) is 30.1 Å². The first-order chi connectivity index (χ1) is 7.18. The van der Waals surface area contributed by atoms with Crippen LogP contribution in [-0.2, 0) is 6.54 Å². The quantitative estimate of drug-likeness (QED) is 0.885. The fourth-order valence-corrected chi connectivity index (χ4v) is 4.20. The van der Waals surface area contributed by atoms with Crippen LogP contribution in [0.15, 0.2) is 12.1 Å². The standard InChI is InChI=1S/C11H16ClNS2/c1-11(5-2-6-14-11)8-13-7-9-3-4-10(12)15-9/h3-4,13H,2,5-8H2,1H3. The molecular formula is C11H16ClNS2. The normalized spacial score (nSPS) is 26.0. The van der Waals surface area contributed by atoms with Crippen LogP contribution >= 0.6 is 34.7 Å². The second-order valence-electron chi connectivity index (χ2n) is 4.21. The van der Waals surface area contributed by atoms with Gasteiger partial charge in [-0.1, -0.05) is 11.6 Å². The number of thiophene rings is 1. The lowest BCUT2D eigenvalue weighted by atomic mass is 10.1. The summed E-state index contributed by atoms with van der Waals surface area (Å²) in [5.74, 6) is 1.32. The molecule has 1 N–H and O–H groups in total. The minimum Gasteiger partial charge on any atom is -0.310 e. The van der Waals surface area contributed by atoms with Crippen molar-refractivity contribution in [2.75, 3.05) is 12.3 Å². The minimum absolute atomic E-state index is 0.459. The Morgan fingerprint density at radius 1 is 1.53 bits per heavy atom. The lowest BCUT2D eigenvalue weighted by Crippen LogP contribution is -2.32. The smallest absolute Gasteiger partial charge is 0.0931 e. The highest BCUT2D eigenvalue weighted by Gasteiger charge is 2.28. The van der Waals surface area contributed by atoms with Crippen LogP contribution in [0.5, 0.6) is 0 Å². The molecule has 1 saturated heterocycles. The Labute approximate surface area is 105 Å². The summed E-state index contributed by atoms with van der Waals surface area (Å²) < 4.78 is 1.34. The minimum atomic E-state index is 0.459. The first kappa shape index (κ1) is 11.8. The van der Waals surface area contributed by atoms with Crippen molar-refractivity contribution >= 4 is 34.7 Å². The van der Waals surface area contributed by atoms with Crippen LogP contribution in [0.1, 0.15) is 24.6 Å². The van der Waals surface area contributed by atoms with E-state index in [4.69, 9.17) is 11.6 Å². The maximum absolute atomic E-state index is 5.88. The van der Waals surface area contributed by atoms with Crippen molar-refractivity contribution in [2.24, 2.45) is 0 Å². The molecule has 0 bridgehead atoms. The van der Waals surface area contributed by atoms with Gasteiger partial charge in [0.1, 0.15) is 0 Å². The lowest BCUT2D eigenvalue weighted by Gasteiger charge is -2.22. The van der Waals surface area contributed by atoms with E-state index in [9.17, 15) is 0 Å². The van der Waals surface area contributed by atoms with Crippen molar-refractivity contribution in [1.29, 1.82) is 0 Å². The van der Waals surface area contributed by atoms with Crippen LogP contribution in [0, 0.1) is 0 Å². The summed E-state index contributed by atoms with van der Waals surface area (Å²) in [6, 6.07) is 4.07. The Morgan fingerprint density at radius 2 is 2.40 bits per heavy atom. The molecule has 0 saturated carbocycles. The number of thioether (sulfide) groups is 1. The zero-order valence-electron chi connectivity index (χ0n) is 8.88. The summed E-state index contributed by atoms with van der Waals surface area (Å²) in [5.41, 5.74) is 0. The van der Waals surface area contributed by atoms with Gasteiger partial charge in [0.25, 0.3) is 0 Å². The Kier molecular flexibility index (Phi) is 3.99. The van der Waals surface area contributed by atoms with Crippen LogP contribution in [0.3, 0.4) is 0 Å². The SMILES string of the molecule is CC1(CNCc2ccc(Cl)s2)CCCS1. The Bertz CT molecular complexity index is 318. The molecule has 15 heavy (non-hydrogen) atoms. The molecule has 1 unspecified atom stereocenters. The van der Waals surface area contributed by atoms with E-state index in [1.165, 1.54) is 23.5 Å². The van der Waals surface area contributed by atoms with Crippen molar-refractivity contribution in [2.45, 2.75) is 31.1 Å². The third kappa shape index (κ3) is 3.38. The van der Waals surface area contributed by atoms with Gasteiger partial charge in [-0.25, -0.2) is 0 Å². The molecular weight excluding hydrogens is 246 g/mol. The summed E-state index contributed by atoms with van der Waals surface area (Å²) in [4.78, 5) is 1.33. The largest absolute Gasteiger partial charge is 0.310 e. The van der Waals surface area contributed by atoms with Crippen LogP contribution in [0.2, 0.25) is 4.34 Å². The van der Waals surface area contributed by atoms with E-state index in [1.54, 1.807) is 11.3 Å². The molecule has 0 aliphatic carbocycles. The molecule has 0 aromatic carbocycles. The van der Waals surface area contributed by atoms with Crippen LogP contribution in [0.25, 0.3) is 0 Å². The first-order valence-electron chi connectivity index (χ1n) is 5.27. The second-order valence-corrected chi connectivity index (χ2v) is 7.69. The van der Waals surface area contributed by atoms with Crippen molar-refractivity contribution in [3.05, 3.63) is 21.3 Å². The topological polar surface area (TPSA) is 12.0 Å². The molecule has 2 rings (SSSR count). The van der Waals surface area contributed by atoms with Crippen molar-refractivity contribution in [3.8, 4) is 0 Å². The Morgan fingerprint density at radius 3 is 3.00 bits per heavy atom. The van der Waals surface area contributed by atoms with Crippen LogP contribution in [0.4, 0.5) is 0 Å². The summed E-state index contributed by atoms with van der Waals surface area (Å²) in [6.45, 7) is 4.42. The summed E-state index contributed by atoms with van der Waals surface area (Å²) in [7, 11) is 0. The first-order valence-corrected chi connectivity index (χ1v) is 7.45. The van der Waals surface area contributed by atoms with E-state index in [-0.39, 0.29) is 0 Å². The number of rotatable bonds is 4. The van der Waals surface area contributed by atoms with E-state index >= 15 is 0 Å². The zero-order chi connectivity index (χ0) is 10.7. The zero-order valence-corrected chi connectivity index (χ0v) is 11.3. The molecule has 1 aromatic heterocycles. The molecule has 1 fully saturated rings. The maximum atomic E-state index is 5.88. The van der Waals surface area contributed by atoms with Crippen LogP contribution < -0.4 is 5.32 Å². The van der Waals surface area contributed by atoms with Crippen LogP contribution in [-0.4, -0.2) is 17.0 Å². The van der Waals surface area contributed by atoms with Gasteiger partial charge in [-0.05, 0) is 37.7 Å². The molecule has 1 aromatic rings. The highest BCUT2D eigenvalue weighted by molar-refractivity contribution is 8.00. The molecule has 4 heteroatoms. The van der Waals surface area contributed by atoms with Gasteiger partial charge in [-0.2, -0.15) is 11.8 Å². The fraction of sp³-hybridized carbons (Fsp3) is 0.636. The fourth-order valence-electron chi connectivity index (χ4n) is 1.87. The molecule has 0 radical (unpaired) electrons. The highest BCUT2D eigenvalue weighted by Crippen LogP contribution is 2.37. The third-order valence-electron chi connectivity index (χ3n) is 2.73. The highest BCUT2D eigenvalue weighted by atomic mass is 35.5. The van der Waals surface area contributed by atoms with E-state index in [0.29, 0.717) is 4.75 Å². The number of nitrogens with one attached hydrogen (secondary N) is 1. The molecule has 1 nitrogen and oxygen atoms in total. The van der Waals surface area contributed by atoms with Gasteiger partial charge in [-0.15, -0.1) is 11.3 Å². The second kappa shape index (κ2) is 5.09. The number of hydrogen-bond donors (Lipinski definition) is 1. The van der Waals surface area contributed by atoms with E-state index in [1.807, 2.05) is 6.07 Å². The Balaban J connectivity index is 1.75. The summed E-state index contributed by atoms with van der Waals surface area (Å²) >= 11 is 9.65. The van der Waals surface area contributed by atoms with Crippen molar-refractivity contribution < 1.29 is 0 Å². The Hall–Kier alpha value is 0.300. The number of hydrogen-bond acceptors (Lipinski definition) is 3. The van der Waals surface area contributed by atoms with Crippen molar-refractivity contribution in [1.82, 2.24) is 5.32 Å². The monoisotopic (exact) mass is 261 g/mol. The predicted molar refractivity (Wildman–Crippen MR) is 71.1 cm³/mol. The van der Waals surface area contributed by atoms with E-state index in [0.717, 1.165) is 17.4 Å². The van der Waals surface area contributed by atoms with Gasteiger partial charge >= 0.3 is 0 Å². The van der Waals surface area contributed by atoms with Gasteiger partial charge in [0.15, 0.2) is 0 Å². The molecule has 2 heterocycles. The number of halogens is 1. The third-order valence-corrected chi connectivity index (χ3v) is 5.50.